The van der Waals surface area contributed by atoms with Crippen molar-refractivity contribution in [2.45, 2.75) is 6.54 Å². The maximum absolute atomic E-state index is 7.88. The lowest BCUT2D eigenvalue weighted by Gasteiger charge is -2.00. The molecule has 0 spiro atoms. The normalized spacial score (nSPS) is 15.3. The molecule has 1 aromatic carbocycles. The van der Waals surface area contributed by atoms with Crippen molar-refractivity contribution in [1.29, 1.82) is 0 Å². The van der Waals surface area contributed by atoms with E-state index in [4.69, 9.17) is 6.85 Å². The Labute approximate surface area is 109 Å². The first kappa shape index (κ1) is 6.55. The first-order valence-electron chi connectivity index (χ1n) is 7.82. The van der Waals surface area contributed by atoms with Gasteiger partial charge in [-0.15, -0.1) is 0 Å². The van der Waals surface area contributed by atoms with Crippen LogP contribution in [0.2, 0.25) is 0 Å². The van der Waals surface area contributed by atoms with Crippen LogP contribution in [0.4, 0.5) is 0 Å². The predicted octanol–water partition coefficient (Wildman–Crippen LogP) is 3.24. The zero-order chi connectivity index (χ0) is 16.3. The zero-order valence-corrected chi connectivity index (χ0v) is 9.40. The van der Waals surface area contributed by atoms with Crippen molar-refractivity contribution in [3.8, 4) is 0 Å². The van der Waals surface area contributed by atoms with Crippen molar-refractivity contribution >= 4 is 5.57 Å². The molecule has 0 aliphatic heterocycles. The minimum Gasteiger partial charge on any atom is -0.201 e. The lowest BCUT2D eigenvalue weighted by atomic mass is 10.1. The second-order valence-corrected chi connectivity index (χ2v) is 3.44. The van der Waals surface area contributed by atoms with Gasteiger partial charge in [0.25, 0.3) is 0 Å². The van der Waals surface area contributed by atoms with E-state index in [1.807, 2.05) is 30.3 Å². The number of aromatic nitrogens is 1. The Morgan fingerprint density at radius 1 is 1.18 bits per heavy atom. The summed E-state index contributed by atoms with van der Waals surface area (Å²) in [7, 11) is 0. The van der Waals surface area contributed by atoms with E-state index in [1.165, 1.54) is 4.57 Å². The summed E-state index contributed by atoms with van der Waals surface area (Å²) in [6.45, 7) is 3.94. The van der Waals surface area contributed by atoms with Gasteiger partial charge < -0.3 is 0 Å². The standard InChI is InChI=1S/C16H16N/c1-2-15(16-9-5-3-6-10-16)11-14-17-12-7-4-8-13-17/h2-13H,1,14H2/q+1/b15-11+/i4D,7D,8D,12D,13D. The van der Waals surface area contributed by atoms with Gasteiger partial charge in [0.2, 0.25) is 0 Å². The Bertz CT molecular complexity index is 709. The summed E-state index contributed by atoms with van der Waals surface area (Å²) in [4.78, 5) is 0. The van der Waals surface area contributed by atoms with Crippen LogP contribution in [0.15, 0.2) is 79.5 Å². The molecule has 0 aliphatic carbocycles. The molecular formula is C16H16N+. The van der Waals surface area contributed by atoms with E-state index < -0.39 is 0 Å². The quantitative estimate of drug-likeness (QED) is 0.557. The van der Waals surface area contributed by atoms with Crippen molar-refractivity contribution in [3.05, 3.63) is 85.1 Å². The van der Waals surface area contributed by atoms with E-state index >= 15 is 0 Å². The van der Waals surface area contributed by atoms with Crippen LogP contribution in [0.5, 0.6) is 0 Å². The summed E-state index contributed by atoms with van der Waals surface area (Å²) in [6.07, 6.45) is 3.00. The fourth-order valence-corrected chi connectivity index (χ4v) is 1.48. The number of benzene rings is 1. The van der Waals surface area contributed by atoms with E-state index in [0.717, 1.165) is 11.1 Å². The summed E-state index contributed by atoms with van der Waals surface area (Å²) in [6, 6.07) is 8.52. The number of allylic oxidation sites excluding steroid dienone is 3. The molecule has 2 rings (SSSR count). The molecule has 0 N–H and O–H groups in total. The molecule has 0 amide bonds. The second kappa shape index (κ2) is 5.80. The van der Waals surface area contributed by atoms with Gasteiger partial charge in [-0.3, -0.25) is 0 Å². The van der Waals surface area contributed by atoms with E-state index in [-0.39, 0.29) is 37.0 Å². The van der Waals surface area contributed by atoms with Crippen LogP contribution >= 0.6 is 0 Å². The molecule has 0 bridgehead atoms. The summed E-state index contributed by atoms with van der Waals surface area (Å²) in [5.41, 5.74) is 1.81. The molecule has 0 saturated carbocycles. The van der Waals surface area contributed by atoms with E-state index in [2.05, 4.69) is 6.58 Å². The van der Waals surface area contributed by atoms with Gasteiger partial charge in [-0.05, 0) is 17.2 Å². The Morgan fingerprint density at radius 3 is 2.53 bits per heavy atom. The van der Waals surface area contributed by atoms with Crippen LogP contribution in [-0.2, 0) is 6.54 Å². The largest absolute Gasteiger partial charge is 0.201 e. The molecule has 84 valence electrons. The third kappa shape index (κ3) is 3.15. The molecule has 1 heterocycles. The highest BCUT2D eigenvalue weighted by atomic mass is 14.9. The number of rotatable bonds is 4. The second-order valence-electron chi connectivity index (χ2n) is 3.44. The number of pyridine rings is 1. The lowest BCUT2D eigenvalue weighted by molar-refractivity contribution is -0.686. The van der Waals surface area contributed by atoms with E-state index in [9.17, 15) is 0 Å². The highest BCUT2D eigenvalue weighted by Crippen LogP contribution is 2.14. The van der Waals surface area contributed by atoms with Crippen molar-refractivity contribution in [1.82, 2.24) is 0 Å². The molecular weight excluding hydrogens is 206 g/mol. The van der Waals surface area contributed by atoms with Crippen LogP contribution in [-0.4, -0.2) is 0 Å². The predicted molar refractivity (Wildman–Crippen MR) is 71.3 cm³/mol. The zero-order valence-electron chi connectivity index (χ0n) is 14.4. The molecule has 1 nitrogen and oxygen atoms in total. The van der Waals surface area contributed by atoms with Crippen LogP contribution in [0.25, 0.3) is 5.57 Å². The molecule has 1 aromatic heterocycles. The molecule has 0 radical (unpaired) electrons. The van der Waals surface area contributed by atoms with E-state index in [1.54, 1.807) is 12.2 Å². The van der Waals surface area contributed by atoms with Crippen LogP contribution < -0.4 is 4.57 Å². The van der Waals surface area contributed by atoms with Gasteiger partial charge in [-0.25, -0.2) is 4.57 Å². The van der Waals surface area contributed by atoms with Crippen LogP contribution in [0, 0.1) is 0 Å². The van der Waals surface area contributed by atoms with Crippen molar-refractivity contribution in [2.24, 2.45) is 0 Å². The maximum atomic E-state index is 7.88. The average molecular weight is 227 g/mol. The first-order valence-corrected chi connectivity index (χ1v) is 5.32. The first-order chi connectivity index (χ1) is 10.5. The number of hydrogen-bond donors (Lipinski definition) is 0. The highest BCUT2D eigenvalue weighted by Gasteiger charge is 1.98. The molecule has 0 unspecified atom stereocenters. The maximum Gasteiger partial charge on any atom is 0.169 e. The number of hydrogen-bond acceptors (Lipinski definition) is 0. The van der Waals surface area contributed by atoms with Gasteiger partial charge in [-0.2, -0.15) is 0 Å². The van der Waals surface area contributed by atoms with Crippen molar-refractivity contribution < 1.29 is 11.4 Å². The molecule has 0 aliphatic rings. The Kier molecular flexibility index (Phi) is 2.24. The molecule has 17 heavy (non-hydrogen) atoms. The Morgan fingerprint density at radius 2 is 1.88 bits per heavy atom. The fraction of sp³-hybridized carbons (Fsp3) is 0.0625. The molecule has 0 fully saturated rings. The molecule has 0 saturated heterocycles. The van der Waals surface area contributed by atoms with Gasteiger partial charge >= 0.3 is 0 Å². The lowest BCUT2D eigenvalue weighted by Crippen LogP contribution is -2.31. The SMILES string of the molecule is [2H]c1c([2H])c([2H])[n+](C/C=C(\C=C)c2ccccc2)c([2H])c1[2H]. The molecule has 2 aromatic rings. The van der Waals surface area contributed by atoms with Crippen molar-refractivity contribution in [3.63, 3.8) is 0 Å². The van der Waals surface area contributed by atoms with Gasteiger partial charge in [0.15, 0.2) is 18.9 Å². The summed E-state index contributed by atoms with van der Waals surface area (Å²) < 4.78 is 39.9. The third-order valence-corrected chi connectivity index (χ3v) is 2.33. The Hall–Kier alpha value is -2.15. The Balaban J connectivity index is 2.43. The van der Waals surface area contributed by atoms with Crippen LogP contribution in [0.3, 0.4) is 0 Å². The highest BCUT2D eigenvalue weighted by molar-refractivity contribution is 5.73. The smallest absolute Gasteiger partial charge is 0.169 e. The summed E-state index contributed by atoms with van der Waals surface area (Å²) in [5.74, 6) is 0. The monoisotopic (exact) mass is 227 g/mol. The van der Waals surface area contributed by atoms with Gasteiger partial charge in [0.1, 0.15) is 2.74 Å². The molecule has 0 atom stereocenters. The minimum atomic E-state index is -0.387. The van der Waals surface area contributed by atoms with E-state index in [0.29, 0.717) is 0 Å². The fourth-order valence-electron chi connectivity index (χ4n) is 1.48. The minimum absolute atomic E-state index is 0.173. The number of nitrogens with zero attached hydrogens (tertiary/aromatic N) is 1. The van der Waals surface area contributed by atoms with Gasteiger partial charge in [-0.1, -0.05) is 49.0 Å². The third-order valence-electron chi connectivity index (χ3n) is 2.33. The topological polar surface area (TPSA) is 3.88 Å². The average Bonchev–Trinajstić information content (AvgIpc) is 2.55. The van der Waals surface area contributed by atoms with Gasteiger partial charge in [0.05, 0.1) is 4.11 Å². The van der Waals surface area contributed by atoms with Crippen molar-refractivity contribution in [2.75, 3.05) is 0 Å². The summed E-state index contributed by atoms with van der Waals surface area (Å²) in [5, 5.41) is 0. The van der Waals surface area contributed by atoms with Gasteiger partial charge in [0, 0.05) is 12.1 Å². The van der Waals surface area contributed by atoms with Crippen LogP contribution in [0.1, 0.15) is 12.4 Å². The molecule has 1 heteroatoms. The summed E-state index contributed by atoms with van der Waals surface area (Å²) >= 11 is 0.